The fraction of sp³-hybridized carbons (Fsp3) is 0.286. The number of thiazole rings is 1. The Bertz CT molecular complexity index is 1010. The normalized spacial score (nSPS) is 13.0. The van der Waals surface area contributed by atoms with Crippen LogP contribution < -0.4 is 14.8 Å². The summed E-state index contributed by atoms with van der Waals surface area (Å²) < 4.78 is 10.8. The standard InChI is InChI=1S/C21H22N4O3S/c1-27-17-9-14-6-8-25(12-15(14)10-18(17)28-2)20(26)11-16-13-29-21(23-16)24-19-5-3-4-7-22-19/h3-5,7,9-10,13H,6,8,11-12H2,1-2H3,(H,22,23,24). The summed E-state index contributed by atoms with van der Waals surface area (Å²) in [5.74, 6) is 2.21. The first-order chi connectivity index (χ1) is 14.2. The molecule has 0 aliphatic carbocycles. The molecular formula is C21H22N4O3S. The number of pyridine rings is 1. The number of nitrogens with zero attached hydrogens (tertiary/aromatic N) is 3. The van der Waals surface area contributed by atoms with Gasteiger partial charge in [0.05, 0.1) is 26.3 Å². The number of carbonyl (C=O) groups is 1. The number of rotatable bonds is 6. The topological polar surface area (TPSA) is 76.6 Å². The molecular weight excluding hydrogens is 388 g/mol. The second-order valence-electron chi connectivity index (χ2n) is 6.70. The molecule has 0 atom stereocenters. The molecule has 1 aromatic carbocycles. The van der Waals surface area contributed by atoms with E-state index in [9.17, 15) is 4.79 Å². The average molecular weight is 410 g/mol. The molecule has 3 aromatic rings. The van der Waals surface area contributed by atoms with Gasteiger partial charge in [-0.05, 0) is 41.8 Å². The SMILES string of the molecule is COc1cc2c(cc1OC)CN(C(=O)Cc1csc(Nc3ccccn3)n1)CC2. The molecule has 1 amide bonds. The maximum atomic E-state index is 12.8. The first-order valence-electron chi connectivity index (χ1n) is 9.30. The van der Waals surface area contributed by atoms with E-state index in [4.69, 9.17) is 9.47 Å². The number of anilines is 2. The lowest BCUT2D eigenvalue weighted by atomic mass is 9.98. The van der Waals surface area contributed by atoms with E-state index in [0.29, 0.717) is 18.8 Å². The van der Waals surface area contributed by atoms with Crippen LogP contribution in [-0.2, 0) is 24.2 Å². The minimum atomic E-state index is 0.0696. The lowest BCUT2D eigenvalue weighted by Gasteiger charge is -2.29. The Hall–Kier alpha value is -3.13. The molecule has 0 unspecified atom stereocenters. The summed E-state index contributed by atoms with van der Waals surface area (Å²) in [5, 5.41) is 5.80. The average Bonchev–Trinajstić information content (AvgIpc) is 3.19. The van der Waals surface area contributed by atoms with Gasteiger partial charge < -0.3 is 19.7 Å². The quantitative estimate of drug-likeness (QED) is 0.671. The van der Waals surface area contributed by atoms with Crippen LogP contribution in [0, 0.1) is 0 Å². The van der Waals surface area contributed by atoms with Gasteiger partial charge in [0.25, 0.3) is 0 Å². The zero-order valence-corrected chi connectivity index (χ0v) is 17.2. The highest BCUT2D eigenvalue weighted by atomic mass is 32.1. The van der Waals surface area contributed by atoms with Crippen molar-refractivity contribution in [3.8, 4) is 11.5 Å². The van der Waals surface area contributed by atoms with Gasteiger partial charge in [-0.2, -0.15) is 0 Å². The van der Waals surface area contributed by atoms with Gasteiger partial charge in [-0.25, -0.2) is 9.97 Å². The van der Waals surface area contributed by atoms with Crippen LogP contribution in [0.5, 0.6) is 11.5 Å². The first kappa shape index (κ1) is 19.2. The Morgan fingerprint density at radius 3 is 2.72 bits per heavy atom. The summed E-state index contributed by atoms with van der Waals surface area (Å²) in [6.07, 6.45) is 2.80. The van der Waals surface area contributed by atoms with Gasteiger partial charge in [0.1, 0.15) is 5.82 Å². The zero-order valence-electron chi connectivity index (χ0n) is 16.3. The van der Waals surface area contributed by atoms with E-state index < -0.39 is 0 Å². The number of methoxy groups -OCH3 is 2. The van der Waals surface area contributed by atoms with E-state index in [2.05, 4.69) is 15.3 Å². The number of carbonyl (C=O) groups excluding carboxylic acids is 1. The zero-order chi connectivity index (χ0) is 20.2. The summed E-state index contributed by atoms with van der Waals surface area (Å²) in [5.41, 5.74) is 3.05. The third-order valence-corrected chi connectivity index (χ3v) is 5.66. The highest BCUT2D eigenvalue weighted by Gasteiger charge is 2.23. The third-order valence-electron chi connectivity index (χ3n) is 4.85. The fourth-order valence-corrected chi connectivity index (χ4v) is 4.07. The van der Waals surface area contributed by atoms with Crippen LogP contribution in [0.3, 0.4) is 0 Å². The van der Waals surface area contributed by atoms with Crippen LogP contribution in [-0.4, -0.2) is 41.5 Å². The van der Waals surface area contributed by atoms with Crippen LogP contribution in [0.15, 0.2) is 41.9 Å². The molecule has 1 N–H and O–H groups in total. The van der Waals surface area contributed by atoms with Gasteiger partial charge in [0.15, 0.2) is 16.6 Å². The van der Waals surface area contributed by atoms with Gasteiger partial charge in [-0.1, -0.05) is 6.07 Å². The third kappa shape index (κ3) is 4.32. The number of ether oxygens (including phenoxy) is 2. The molecule has 0 radical (unpaired) electrons. The molecule has 0 spiro atoms. The molecule has 0 fully saturated rings. The molecule has 3 heterocycles. The van der Waals surface area contributed by atoms with Gasteiger partial charge >= 0.3 is 0 Å². The fourth-order valence-electron chi connectivity index (χ4n) is 3.35. The van der Waals surface area contributed by atoms with Crippen molar-refractivity contribution in [1.82, 2.24) is 14.9 Å². The van der Waals surface area contributed by atoms with Gasteiger partial charge in [-0.15, -0.1) is 11.3 Å². The van der Waals surface area contributed by atoms with Crippen LogP contribution in [0.25, 0.3) is 0 Å². The number of benzene rings is 1. The molecule has 8 heteroatoms. The molecule has 1 aliphatic heterocycles. The van der Waals surface area contributed by atoms with Crippen molar-refractivity contribution < 1.29 is 14.3 Å². The van der Waals surface area contributed by atoms with Crippen molar-refractivity contribution in [3.63, 3.8) is 0 Å². The van der Waals surface area contributed by atoms with Gasteiger partial charge in [-0.3, -0.25) is 4.79 Å². The molecule has 150 valence electrons. The van der Waals surface area contributed by atoms with Crippen molar-refractivity contribution in [2.24, 2.45) is 0 Å². The minimum Gasteiger partial charge on any atom is -0.493 e. The summed E-state index contributed by atoms with van der Waals surface area (Å²) in [7, 11) is 3.25. The van der Waals surface area contributed by atoms with Crippen molar-refractivity contribution in [2.45, 2.75) is 19.4 Å². The Kier molecular flexibility index (Phi) is 5.62. The monoisotopic (exact) mass is 410 g/mol. The van der Waals surface area contributed by atoms with E-state index >= 15 is 0 Å². The molecule has 2 aromatic heterocycles. The smallest absolute Gasteiger partial charge is 0.228 e. The molecule has 0 saturated heterocycles. The van der Waals surface area contributed by atoms with E-state index in [-0.39, 0.29) is 12.3 Å². The summed E-state index contributed by atoms with van der Waals surface area (Å²) in [6, 6.07) is 9.61. The number of fused-ring (bicyclic) bond motifs is 1. The summed E-state index contributed by atoms with van der Waals surface area (Å²) >= 11 is 1.47. The number of hydrogen-bond acceptors (Lipinski definition) is 7. The number of amides is 1. The van der Waals surface area contributed by atoms with Crippen molar-refractivity contribution in [1.29, 1.82) is 0 Å². The van der Waals surface area contributed by atoms with E-state index in [1.54, 1.807) is 20.4 Å². The van der Waals surface area contributed by atoms with E-state index in [1.165, 1.54) is 16.9 Å². The van der Waals surface area contributed by atoms with Crippen LogP contribution >= 0.6 is 11.3 Å². The van der Waals surface area contributed by atoms with E-state index in [0.717, 1.165) is 34.4 Å². The van der Waals surface area contributed by atoms with Crippen molar-refractivity contribution >= 4 is 28.2 Å². The predicted molar refractivity (Wildman–Crippen MR) is 112 cm³/mol. The van der Waals surface area contributed by atoms with Crippen molar-refractivity contribution in [2.75, 3.05) is 26.1 Å². The maximum Gasteiger partial charge on any atom is 0.228 e. The Morgan fingerprint density at radius 1 is 1.21 bits per heavy atom. The largest absolute Gasteiger partial charge is 0.493 e. The highest BCUT2D eigenvalue weighted by molar-refractivity contribution is 7.13. The first-order valence-corrected chi connectivity index (χ1v) is 10.2. The van der Waals surface area contributed by atoms with Gasteiger partial charge in [0.2, 0.25) is 5.91 Å². The molecule has 4 rings (SSSR count). The van der Waals surface area contributed by atoms with Crippen molar-refractivity contribution in [3.05, 3.63) is 58.7 Å². The van der Waals surface area contributed by atoms with Gasteiger partial charge in [0, 0.05) is 24.7 Å². The Labute approximate surface area is 173 Å². The number of aromatic nitrogens is 2. The molecule has 0 bridgehead atoms. The number of nitrogens with one attached hydrogen (secondary N) is 1. The second-order valence-corrected chi connectivity index (χ2v) is 7.56. The van der Waals surface area contributed by atoms with E-state index in [1.807, 2.05) is 40.6 Å². The minimum absolute atomic E-state index is 0.0696. The van der Waals surface area contributed by atoms with Crippen LogP contribution in [0.2, 0.25) is 0 Å². The maximum absolute atomic E-state index is 12.8. The number of hydrogen-bond donors (Lipinski definition) is 1. The Morgan fingerprint density at radius 2 is 2.00 bits per heavy atom. The highest BCUT2D eigenvalue weighted by Crippen LogP contribution is 2.33. The lowest BCUT2D eigenvalue weighted by Crippen LogP contribution is -2.37. The molecule has 29 heavy (non-hydrogen) atoms. The predicted octanol–water partition coefficient (Wildman–Crippen LogP) is 3.43. The van der Waals surface area contributed by atoms with Crippen LogP contribution in [0.4, 0.5) is 10.9 Å². The molecule has 7 nitrogen and oxygen atoms in total. The molecule has 1 aliphatic rings. The molecule has 0 saturated carbocycles. The second kappa shape index (κ2) is 8.48. The Balaban J connectivity index is 1.41. The summed E-state index contributed by atoms with van der Waals surface area (Å²) in [4.78, 5) is 23.4. The lowest BCUT2D eigenvalue weighted by molar-refractivity contribution is -0.131. The summed E-state index contributed by atoms with van der Waals surface area (Å²) in [6.45, 7) is 1.25. The van der Waals surface area contributed by atoms with Crippen LogP contribution in [0.1, 0.15) is 16.8 Å².